The monoisotopic (exact) mass is 287 g/mol. The number of carbonyl (C=O) groups excluding carboxylic acids is 1. The Hall–Kier alpha value is -2.21. The van der Waals surface area contributed by atoms with Crippen LogP contribution >= 0.6 is 0 Å². The molecule has 1 saturated heterocycles. The summed E-state index contributed by atoms with van der Waals surface area (Å²) in [5, 5.41) is 8.23. The standard InChI is InChI=1S/C15H17N3O3/c19-14(16-7-11-5-6-21-10-11)9-18-15(20)13-4-2-1-3-12(13)8-17-18/h1-4,8,11H,5-7,9-10H2,(H,16,19)/t11-/m1/s1. The van der Waals surface area contributed by atoms with Crippen LogP contribution in [0.1, 0.15) is 6.42 Å². The first-order chi connectivity index (χ1) is 10.2. The van der Waals surface area contributed by atoms with E-state index in [2.05, 4.69) is 10.4 Å². The number of benzene rings is 1. The largest absolute Gasteiger partial charge is 0.381 e. The first-order valence-electron chi connectivity index (χ1n) is 7.03. The normalized spacial score (nSPS) is 18.0. The second-order valence-corrected chi connectivity index (χ2v) is 5.23. The molecule has 0 spiro atoms. The molecule has 0 saturated carbocycles. The molecule has 1 aliphatic rings. The third-order valence-corrected chi connectivity index (χ3v) is 3.67. The first-order valence-corrected chi connectivity index (χ1v) is 7.03. The van der Waals surface area contributed by atoms with Crippen LogP contribution in [0.25, 0.3) is 10.8 Å². The third-order valence-electron chi connectivity index (χ3n) is 3.67. The van der Waals surface area contributed by atoms with E-state index in [9.17, 15) is 9.59 Å². The molecule has 21 heavy (non-hydrogen) atoms. The smallest absolute Gasteiger partial charge is 0.275 e. The molecule has 1 aromatic carbocycles. The van der Waals surface area contributed by atoms with Crippen molar-refractivity contribution in [3.05, 3.63) is 40.8 Å². The third kappa shape index (κ3) is 3.11. The quantitative estimate of drug-likeness (QED) is 0.891. The van der Waals surface area contributed by atoms with Crippen molar-refractivity contribution in [2.24, 2.45) is 5.92 Å². The van der Waals surface area contributed by atoms with Crippen molar-refractivity contribution >= 4 is 16.7 Å². The van der Waals surface area contributed by atoms with Gasteiger partial charge in [-0.2, -0.15) is 5.10 Å². The summed E-state index contributed by atoms with van der Waals surface area (Å²) in [6.45, 7) is 1.97. The molecule has 2 heterocycles. The Labute approximate surface area is 121 Å². The second kappa shape index (κ2) is 6.05. The van der Waals surface area contributed by atoms with Crippen molar-refractivity contribution in [2.45, 2.75) is 13.0 Å². The number of amides is 1. The van der Waals surface area contributed by atoms with Gasteiger partial charge in [-0.15, -0.1) is 0 Å². The van der Waals surface area contributed by atoms with E-state index < -0.39 is 0 Å². The van der Waals surface area contributed by atoms with E-state index in [0.717, 1.165) is 18.4 Å². The van der Waals surface area contributed by atoms with E-state index in [0.29, 0.717) is 24.5 Å². The van der Waals surface area contributed by atoms with Crippen LogP contribution in [0, 0.1) is 5.92 Å². The minimum Gasteiger partial charge on any atom is -0.381 e. The van der Waals surface area contributed by atoms with Crippen LogP contribution < -0.4 is 10.9 Å². The maximum Gasteiger partial charge on any atom is 0.275 e. The number of hydrogen-bond acceptors (Lipinski definition) is 4. The van der Waals surface area contributed by atoms with Crippen LogP contribution in [-0.2, 0) is 16.1 Å². The van der Waals surface area contributed by atoms with Gasteiger partial charge in [0.05, 0.1) is 18.2 Å². The lowest BCUT2D eigenvalue weighted by Crippen LogP contribution is -2.36. The van der Waals surface area contributed by atoms with Crippen LogP contribution in [0.3, 0.4) is 0 Å². The SMILES string of the molecule is O=C(Cn1ncc2ccccc2c1=O)NC[C@H]1CCOC1. The lowest BCUT2D eigenvalue weighted by Gasteiger charge is -2.10. The zero-order valence-electron chi connectivity index (χ0n) is 11.6. The number of nitrogens with zero attached hydrogens (tertiary/aromatic N) is 2. The summed E-state index contributed by atoms with van der Waals surface area (Å²) in [5.74, 6) is 0.169. The van der Waals surface area contributed by atoms with Gasteiger partial charge in [-0.1, -0.05) is 18.2 Å². The minimum absolute atomic E-state index is 0.0583. The molecule has 0 bridgehead atoms. The van der Waals surface area contributed by atoms with Crippen LogP contribution in [0.4, 0.5) is 0 Å². The molecule has 110 valence electrons. The summed E-state index contributed by atoms with van der Waals surface area (Å²) in [7, 11) is 0. The van der Waals surface area contributed by atoms with Gasteiger partial charge in [0.1, 0.15) is 6.54 Å². The van der Waals surface area contributed by atoms with Gasteiger partial charge < -0.3 is 10.1 Å². The molecule has 1 amide bonds. The van der Waals surface area contributed by atoms with Crippen molar-refractivity contribution < 1.29 is 9.53 Å². The average molecular weight is 287 g/mol. The molecule has 1 atom stereocenters. The molecule has 6 nitrogen and oxygen atoms in total. The minimum atomic E-state index is -0.243. The molecule has 1 aromatic heterocycles. The Kier molecular flexibility index (Phi) is 3.96. The Balaban J connectivity index is 1.68. The highest BCUT2D eigenvalue weighted by molar-refractivity contribution is 5.81. The van der Waals surface area contributed by atoms with Crippen LogP contribution in [0.2, 0.25) is 0 Å². The number of ether oxygens (including phenoxy) is 1. The van der Waals surface area contributed by atoms with E-state index in [1.807, 2.05) is 12.1 Å². The zero-order chi connectivity index (χ0) is 14.7. The highest BCUT2D eigenvalue weighted by Gasteiger charge is 2.16. The molecular formula is C15H17N3O3. The summed E-state index contributed by atoms with van der Waals surface area (Å²) < 4.78 is 6.45. The van der Waals surface area contributed by atoms with Gasteiger partial charge in [0.2, 0.25) is 5.91 Å². The van der Waals surface area contributed by atoms with Gasteiger partial charge in [0.15, 0.2) is 0 Å². The molecule has 3 rings (SSSR count). The van der Waals surface area contributed by atoms with Gasteiger partial charge in [-0.25, -0.2) is 4.68 Å². The number of hydrogen-bond donors (Lipinski definition) is 1. The van der Waals surface area contributed by atoms with E-state index >= 15 is 0 Å². The average Bonchev–Trinajstić information content (AvgIpc) is 3.02. The van der Waals surface area contributed by atoms with Gasteiger partial charge >= 0.3 is 0 Å². The van der Waals surface area contributed by atoms with Crippen molar-refractivity contribution in [3.8, 4) is 0 Å². The number of nitrogens with one attached hydrogen (secondary N) is 1. The predicted molar refractivity (Wildman–Crippen MR) is 77.9 cm³/mol. The molecule has 1 fully saturated rings. The fourth-order valence-corrected chi connectivity index (χ4v) is 2.43. The molecule has 6 heteroatoms. The van der Waals surface area contributed by atoms with Crippen LogP contribution in [-0.4, -0.2) is 35.4 Å². The summed E-state index contributed by atoms with van der Waals surface area (Å²) in [5.41, 5.74) is -0.243. The van der Waals surface area contributed by atoms with Crippen molar-refractivity contribution in [2.75, 3.05) is 19.8 Å². The first kappa shape index (κ1) is 13.8. The summed E-state index contributed by atoms with van der Waals surface area (Å²) in [4.78, 5) is 24.1. The maximum atomic E-state index is 12.2. The molecule has 1 aliphatic heterocycles. The molecule has 1 N–H and O–H groups in total. The molecular weight excluding hydrogens is 270 g/mol. The summed E-state index contributed by atoms with van der Waals surface area (Å²) in [6.07, 6.45) is 2.57. The Morgan fingerprint density at radius 1 is 1.43 bits per heavy atom. The van der Waals surface area contributed by atoms with Crippen LogP contribution in [0.15, 0.2) is 35.3 Å². The Morgan fingerprint density at radius 2 is 2.29 bits per heavy atom. The number of rotatable bonds is 4. The second-order valence-electron chi connectivity index (χ2n) is 5.23. The lowest BCUT2D eigenvalue weighted by molar-refractivity contribution is -0.122. The van der Waals surface area contributed by atoms with E-state index in [1.165, 1.54) is 4.68 Å². The lowest BCUT2D eigenvalue weighted by atomic mass is 10.1. The predicted octanol–water partition coefficient (Wildman–Crippen LogP) is 0.549. The van der Waals surface area contributed by atoms with Gasteiger partial charge in [0.25, 0.3) is 5.56 Å². The topological polar surface area (TPSA) is 73.2 Å². The van der Waals surface area contributed by atoms with Gasteiger partial charge in [0, 0.05) is 24.5 Å². The number of fused-ring (bicyclic) bond motifs is 1. The fourth-order valence-electron chi connectivity index (χ4n) is 2.43. The zero-order valence-corrected chi connectivity index (χ0v) is 11.6. The van der Waals surface area contributed by atoms with E-state index in [1.54, 1.807) is 18.3 Å². The summed E-state index contributed by atoms with van der Waals surface area (Å²) in [6, 6.07) is 7.22. The van der Waals surface area contributed by atoms with Gasteiger partial charge in [-0.3, -0.25) is 9.59 Å². The summed E-state index contributed by atoms with van der Waals surface area (Å²) >= 11 is 0. The Morgan fingerprint density at radius 3 is 3.10 bits per heavy atom. The maximum absolute atomic E-state index is 12.2. The van der Waals surface area contributed by atoms with Crippen molar-refractivity contribution in [1.82, 2.24) is 15.1 Å². The molecule has 2 aromatic rings. The number of aromatic nitrogens is 2. The highest BCUT2D eigenvalue weighted by Crippen LogP contribution is 2.10. The van der Waals surface area contributed by atoms with Crippen LogP contribution in [0.5, 0.6) is 0 Å². The number of carbonyl (C=O) groups is 1. The molecule has 0 aliphatic carbocycles. The fraction of sp³-hybridized carbons (Fsp3) is 0.400. The highest BCUT2D eigenvalue weighted by atomic mass is 16.5. The molecule has 0 radical (unpaired) electrons. The van der Waals surface area contributed by atoms with Crippen molar-refractivity contribution in [3.63, 3.8) is 0 Å². The van der Waals surface area contributed by atoms with E-state index in [-0.39, 0.29) is 18.0 Å². The van der Waals surface area contributed by atoms with E-state index in [4.69, 9.17) is 4.74 Å². The Bertz CT molecular complexity index is 705. The van der Waals surface area contributed by atoms with Crippen molar-refractivity contribution in [1.29, 1.82) is 0 Å². The molecule has 0 unspecified atom stereocenters. The van der Waals surface area contributed by atoms with Gasteiger partial charge in [-0.05, 0) is 12.5 Å².